The molecule has 1 aromatic carbocycles. The topological polar surface area (TPSA) is 81.3 Å². The minimum Gasteiger partial charge on any atom is -0.460 e. The van der Waals surface area contributed by atoms with Gasteiger partial charge in [0.2, 0.25) is 6.10 Å². The van der Waals surface area contributed by atoms with Crippen molar-refractivity contribution in [3.63, 3.8) is 0 Å². The average molecular weight is 321 g/mol. The number of benzene rings is 1. The number of nitrogens with zero attached hydrogens (tertiary/aromatic N) is 1. The molecule has 22 heavy (non-hydrogen) atoms. The van der Waals surface area contributed by atoms with Crippen LogP contribution in [0.5, 0.6) is 0 Å². The maximum atomic E-state index is 12.0. The molecule has 1 saturated heterocycles. The first-order valence-corrected chi connectivity index (χ1v) is 7.13. The summed E-state index contributed by atoms with van der Waals surface area (Å²) in [6, 6.07) is 8.66. The summed E-state index contributed by atoms with van der Waals surface area (Å²) in [5.74, 6) is -1.16. The number of nitrogens with one attached hydrogen (secondary N) is 1. The summed E-state index contributed by atoms with van der Waals surface area (Å²) in [6.45, 7) is 1.75. The molecule has 1 fully saturated rings. The van der Waals surface area contributed by atoms with Crippen LogP contribution in [0.25, 0.3) is 11.3 Å². The van der Waals surface area contributed by atoms with Crippen molar-refractivity contribution < 1.29 is 19.1 Å². The van der Waals surface area contributed by atoms with Crippen LogP contribution in [0.3, 0.4) is 0 Å². The van der Waals surface area contributed by atoms with E-state index >= 15 is 0 Å². The molecule has 2 heterocycles. The minimum atomic E-state index is -0.861. The smallest absolute Gasteiger partial charge is 0.357 e. The minimum absolute atomic E-state index is 0.169. The molecule has 0 unspecified atom stereocenters. The van der Waals surface area contributed by atoms with Crippen molar-refractivity contribution in [1.29, 1.82) is 0 Å². The number of H-pyrrole nitrogens is 1. The Morgan fingerprint density at radius 1 is 1.45 bits per heavy atom. The average Bonchev–Trinajstić information content (AvgIpc) is 3.06. The van der Waals surface area contributed by atoms with E-state index in [1.165, 1.54) is 0 Å². The standard InChI is InChI=1S/C15H13ClN2O4/c1-8-5-13(15(20)21-8)22-14(19)12-7-11(17-18-12)9-3-2-4-10(16)6-9/h2-4,6-8,13H,5H2,1H3,(H,17,18)/t8-,13+/m0/s1. The fourth-order valence-electron chi connectivity index (χ4n) is 2.23. The van der Waals surface area contributed by atoms with Gasteiger partial charge in [-0.15, -0.1) is 0 Å². The molecule has 3 rings (SSSR count). The second-order valence-electron chi connectivity index (χ2n) is 5.05. The van der Waals surface area contributed by atoms with Crippen LogP contribution < -0.4 is 0 Å². The van der Waals surface area contributed by atoms with Gasteiger partial charge < -0.3 is 9.47 Å². The molecule has 0 radical (unpaired) electrons. The van der Waals surface area contributed by atoms with Crippen molar-refractivity contribution in [1.82, 2.24) is 10.2 Å². The van der Waals surface area contributed by atoms with Gasteiger partial charge in [-0.2, -0.15) is 5.10 Å². The summed E-state index contributed by atoms with van der Waals surface area (Å²) in [4.78, 5) is 23.5. The van der Waals surface area contributed by atoms with Crippen LogP contribution in [0.15, 0.2) is 30.3 Å². The number of aromatic amines is 1. The number of ether oxygens (including phenoxy) is 2. The summed E-state index contributed by atoms with van der Waals surface area (Å²) in [7, 11) is 0. The highest BCUT2D eigenvalue weighted by molar-refractivity contribution is 6.30. The summed E-state index contributed by atoms with van der Waals surface area (Å²) in [5.41, 5.74) is 1.51. The zero-order chi connectivity index (χ0) is 15.7. The van der Waals surface area contributed by atoms with Gasteiger partial charge >= 0.3 is 11.9 Å². The van der Waals surface area contributed by atoms with Gasteiger partial charge in [0.15, 0.2) is 0 Å². The molecular formula is C15H13ClN2O4. The predicted octanol–water partition coefficient (Wildman–Crippen LogP) is 2.59. The number of cyclic esters (lactones) is 1. The SMILES string of the molecule is C[C@H]1C[C@@H](OC(=O)c2cc(-c3cccc(Cl)c3)n[nH]2)C(=O)O1. The second-order valence-corrected chi connectivity index (χ2v) is 5.49. The number of halogens is 1. The highest BCUT2D eigenvalue weighted by Gasteiger charge is 2.35. The third kappa shape index (κ3) is 2.96. The molecule has 1 N–H and O–H groups in total. The van der Waals surface area contributed by atoms with Crippen LogP contribution in [-0.4, -0.2) is 34.3 Å². The van der Waals surface area contributed by atoms with E-state index < -0.39 is 18.0 Å². The Kier molecular flexibility index (Phi) is 3.85. The van der Waals surface area contributed by atoms with E-state index in [0.717, 1.165) is 5.56 Å². The summed E-state index contributed by atoms with van der Waals surface area (Å²) in [5, 5.41) is 7.24. The quantitative estimate of drug-likeness (QED) is 0.879. The summed E-state index contributed by atoms with van der Waals surface area (Å²) >= 11 is 5.93. The fraction of sp³-hybridized carbons (Fsp3) is 0.267. The van der Waals surface area contributed by atoms with Gasteiger partial charge in [0.05, 0.1) is 5.69 Å². The molecule has 0 bridgehead atoms. The molecule has 1 aliphatic rings. The molecule has 0 spiro atoms. The lowest BCUT2D eigenvalue weighted by Gasteiger charge is -2.06. The van der Waals surface area contributed by atoms with Crippen molar-refractivity contribution in [2.45, 2.75) is 25.6 Å². The fourth-order valence-corrected chi connectivity index (χ4v) is 2.42. The lowest BCUT2D eigenvalue weighted by atomic mass is 10.1. The molecular weight excluding hydrogens is 308 g/mol. The molecule has 114 valence electrons. The van der Waals surface area contributed by atoms with Crippen LogP contribution in [0, 0.1) is 0 Å². The molecule has 0 saturated carbocycles. The first-order valence-electron chi connectivity index (χ1n) is 6.76. The van der Waals surface area contributed by atoms with E-state index in [2.05, 4.69) is 10.2 Å². The molecule has 7 heteroatoms. The van der Waals surface area contributed by atoms with Crippen molar-refractivity contribution in [2.24, 2.45) is 0 Å². The van der Waals surface area contributed by atoms with E-state index in [-0.39, 0.29) is 11.8 Å². The first-order chi connectivity index (χ1) is 10.5. The Bertz CT molecular complexity index is 728. The van der Waals surface area contributed by atoms with Gasteiger partial charge in [0.1, 0.15) is 11.8 Å². The maximum Gasteiger partial charge on any atom is 0.357 e. The number of carbonyl (C=O) groups excluding carboxylic acids is 2. The number of hydrogen-bond acceptors (Lipinski definition) is 5. The van der Waals surface area contributed by atoms with Crippen LogP contribution in [0.1, 0.15) is 23.8 Å². The molecule has 2 aromatic rings. The highest BCUT2D eigenvalue weighted by atomic mass is 35.5. The van der Waals surface area contributed by atoms with Gasteiger partial charge in [-0.3, -0.25) is 5.10 Å². The van der Waals surface area contributed by atoms with Gasteiger partial charge in [-0.05, 0) is 25.1 Å². The van der Waals surface area contributed by atoms with E-state index in [1.54, 1.807) is 31.2 Å². The Labute approximate surface area is 131 Å². The molecule has 0 amide bonds. The lowest BCUT2D eigenvalue weighted by molar-refractivity contribution is -0.147. The number of carbonyl (C=O) groups is 2. The number of esters is 2. The molecule has 6 nitrogen and oxygen atoms in total. The summed E-state index contributed by atoms with van der Waals surface area (Å²) < 4.78 is 10.1. The molecule has 0 aliphatic carbocycles. The Morgan fingerprint density at radius 2 is 2.27 bits per heavy atom. The van der Waals surface area contributed by atoms with E-state index in [4.69, 9.17) is 21.1 Å². The first kappa shape index (κ1) is 14.6. The Balaban J connectivity index is 1.73. The Hall–Kier alpha value is -2.34. The molecule has 2 atom stereocenters. The predicted molar refractivity (Wildman–Crippen MR) is 78.4 cm³/mol. The largest absolute Gasteiger partial charge is 0.460 e. The summed E-state index contributed by atoms with van der Waals surface area (Å²) in [6.07, 6.45) is -0.741. The van der Waals surface area contributed by atoms with E-state index in [1.807, 2.05) is 6.07 Å². The van der Waals surface area contributed by atoms with Gasteiger partial charge in [0.25, 0.3) is 0 Å². The number of hydrogen-bond donors (Lipinski definition) is 1. The van der Waals surface area contributed by atoms with E-state index in [9.17, 15) is 9.59 Å². The van der Waals surface area contributed by atoms with E-state index in [0.29, 0.717) is 17.1 Å². The molecule has 1 aromatic heterocycles. The third-order valence-corrected chi connectivity index (χ3v) is 3.53. The molecule has 1 aliphatic heterocycles. The van der Waals surface area contributed by atoms with Gasteiger partial charge in [0, 0.05) is 17.0 Å². The van der Waals surface area contributed by atoms with Crippen LogP contribution in [-0.2, 0) is 14.3 Å². The van der Waals surface area contributed by atoms with Gasteiger partial charge in [-0.25, -0.2) is 9.59 Å². The third-order valence-electron chi connectivity index (χ3n) is 3.29. The van der Waals surface area contributed by atoms with Crippen molar-refractivity contribution in [2.75, 3.05) is 0 Å². The normalized spacial score (nSPS) is 20.7. The monoisotopic (exact) mass is 320 g/mol. The van der Waals surface area contributed by atoms with Crippen molar-refractivity contribution >= 4 is 23.5 Å². The zero-order valence-corrected chi connectivity index (χ0v) is 12.5. The van der Waals surface area contributed by atoms with Gasteiger partial charge in [-0.1, -0.05) is 23.7 Å². The van der Waals surface area contributed by atoms with Crippen molar-refractivity contribution in [3.8, 4) is 11.3 Å². The maximum absolute atomic E-state index is 12.0. The van der Waals surface area contributed by atoms with Crippen LogP contribution in [0.4, 0.5) is 0 Å². The second kappa shape index (κ2) is 5.81. The number of rotatable bonds is 3. The zero-order valence-electron chi connectivity index (χ0n) is 11.7. The van der Waals surface area contributed by atoms with Crippen LogP contribution >= 0.6 is 11.6 Å². The van der Waals surface area contributed by atoms with Crippen LogP contribution in [0.2, 0.25) is 5.02 Å². The Morgan fingerprint density at radius 3 is 2.95 bits per heavy atom. The number of aromatic nitrogens is 2. The lowest BCUT2D eigenvalue weighted by Crippen LogP contribution is -2.22. The van der Waals surface area contributed by atoms with Crippen molar-refractivity contribution in [3.05, 3.63) is 41.0 Å². The highest BCUT2D eigenvalue weighted by Crippen LogP contribution is 2.23.